The van der Waals surface area contributed by atoms with Crippen LogP contribution in [-0.2, 0) is 13.0 Å². The van der Waals surface area contributed by atoms with E-state index in [2.05, 4.69) is 29.2 Å². The molecule has 26 heavy (non-hydrogen) atoms. The zero-order valence-corrected chi connectivity index (χ0v) is 15.9. The number of aliphatic hydroxyl groups excluding tert-OH is 1. The summed E-state index contributed by atoms with van der Waals surface area (Å²) in [7, 11) is 1.52. The minimum absolute atomic E-state index is 0.0151. The molecule has 1 aliphatic rings. The minimum Gasteiger partial charge on any atom is -0.503 e. The summed E-state index contributed by atoms with van der Waals surface area (Å²) in [6, 6.07) is 14.0. The molecule has 0 spiro atoms. The zero-order chi connectivity index (χ0) is 18.6. The molecule has 4 nitrogen and oxygen atoms in total. The smallest absolute Gasteiger partial charge is 0.176 e. The number of nitrogens with zero attached hydrogens (tertiary/aromatic N) is 1. The first kappa shape index (κ1) is 19.0. The van der Waals surface area contributed by atoms with Crippen molar-refractivity contribution < 1.29 is 14.9 Å². The lowest BCUT2D eigenvalue weighted by Gasteiger charge is -2.41. The van der Waals surface area contributed by atoms with Gasteiger partial charge in [0, 0.05) is 13.2 Å². The molecule has 0 amide bonds. The predicted molar refractivity (Wildman–Crippen MR) is 104 cm³/mol. The minimum atomic E-state index is -0.0395. The molecule has 5 heteroatoms. The van der Waals surface area contributed by atoms with Gasteiger partial charge in [0.15, 0.2) is 11.5 Å². The Morgan fingerprint density at radius 2 is 1.81 bits per heavy atom. The van der Waals surface area contributed by atoms with Crippen LogP contribution in [0.3, 0.4) is 0 Å². The fourth-order valence-corrected chi connectivity index (χ4v) is 3.97. The van der Waals surface area contributed by atoms with Crippen molar-refractivity contribution in [2.75, 3.05) is 26.8 Å². The van der Waals surface area contributed by atoms with Gasteiger partial charge in [-0.2, -0.15) is 0 Å². The number of phenols is 1. The molecule has 0 atom stereocenters. The molecular weight excluding hydrogens is 350 g/mol. The second-order valence-electron chi connectivity index (χ2n) is 7.23. The molecule has 0 aliphatic carbocycles. The van der Waals surface area contributed by atoms with Crippen LogP contribution in [-0.4, -0.2) is 41.9 Å². The zero-order valence-electron chi connectivity index (χ0n) is 15.1. The van der Waals surface area contributed by atoms with E-state index in [1.165, 1.54) is 12.7 Å². The van der Waals surface area contributed by atoms with Gasteiger partial charge in [-0.05, 0) is 61.0 Å². The standard InChI is InChI=1S/C21H26ClNO3/c1-26-19-12-17(11-18(22)20(19)25)14-23-9-7-21(15-24,8-10-23)13-16-5-3-2-4-6-16/h2-6,11-12,24-25H,7-10,13-15H2,1H3. The lowest BCUT2D eigenvalue weighted by molar-refractivity contribution is 0.0413. The van der Waals surface area contributed by atoms with Crippen LogP contribution in [0, 0.1) is 5.41 Å². The average molecular weight is 376 g/mol. The van der Waals surface area contributed by atoms with Gasteiger partial charge >= 0.3 is 0 Å². The normalized spacial score (nSPS) is 17.2. The number of aromatic hydroxyl groups is 1. The number of halogens is 1. The molecule has 2 aromatic rings. The van der Waals surface area contributed by atoms with Gasteiger partial charge in [-0.15, -0.1) is 0 Å². The fraction of sp³-hybridized carbons (Fsp3) is 0.429. The van der Waals surface area contributed by atoms with Crippen molar-refractivity contribution in [3.8, 4) is 11.5 Å². The molecule has 0 saturated carbocycles. The lowest BCUT2D eigenvalue weighted by atomic mass is 9.74. The van der Waals surface area contributed by atoms with Crippen LogP contribution in [0.25, 0.3) is 0 Å². The van der Waals surface area contributed by atoms with Crippen LogP contribution in [0.15, 0.2) is 42.5 Å². The Morgan fingerprint density at radius 1 is 1.12 bits per heavy atom. The molecule has 0 bridgehead atoms. The van der Waals surface area contributed by atoms with E-state index in [9.17, 15) is 10.2 Å². The Hall–Kier alpha value is -1.75. The van der Waals surface area contributed by atoms with Gasteiger partial charge in [0.1, 0.15) is 0 Å². The molecule has 1 aliphatic heterocycles. The quantitative estimate of drug-likeness (QED) is 0.804. The van der Waals surface area contributed by atoms with Crippen LogP contribution in [0.1, 0.15) is 24.0 Å². The molecule has 1 heterocycles. The SMILES string of the molecule is COc1cc(CN2CCC(CO)(Cc3ccccc3)CC2)cc(Cl)c1O. The van der Waals surface area contributed by atoms with Gasteiger partial charge in [0.25, 0.3) is 0 Å². The van der Waals surface area contributed by atoms with Crippen LogP contribution < -0.4 is 4.74 Å². The lowest BCUT2D eigenvalue weighted by Crippen LogP contribution is -2.42. The highest BCUT2D eigenvalue weighted by molar-refractivity contribution is 6.32. The van der Waals surface area contributed by atoms with E-state index in [0.717, 1.165) is 44.5 Å². The number of benzene rings is 2. The number of piperidine rings is 1. The number of aliphatic hydroxyl groups is 1. The molecule has 140 valence electrons. The van der Waals surface area contributed by atoms with Gasteiger partial charge in [-0.3, -0.25) is 4.90 Å². The van der Waals surface area contributed by atoms with Gasteiger partial charge in [-0.1, -0.05) is 41.9 Å². The van der Waals surface area contributed by atoms with E-state index in [4.69, 9.17) is 16.3 Å². The largest absolute Gasteiger partial charge is 0.503 e. The third-order valence-corrected chi connectivity index (χ3v) is 5.68. The Labute approximate surface area is 160 Å². The Kier molecular flexibility index (Phi) is 6.07. The summed E-state index contributed by atoms with van der Waals surface area (Å²) in [6.07, 6.45) is 2.83. The van der Waals surface area contributed by atoms with Crippen molar-refractivity contribution in [3.05, 3.63) is 58.6 Å². The van der Waals surface area contributed by atoms with Crippen molar-refractivity contribution in [2.45, 2.75) is 25.8 Å². The van der Waals surface area contributed by atoms with Crippen LogP contribution in [0.2, 0.25) is 5.02 Å². The summed E-state index contributed by atoms with van der Waals surface area (Å²) >= 11 is 6.09. The molecule has 0 unspecified atom stereocenters. The molecule has 2 aromatic carbocycles. The van der Waals surface area contributed by atoms with E-state index in [1.807, 2.05) is 12.1 Å². The summed E-state index contributed by atoms with van der Waals surface area (Å²) in [5.41, 5.74) is 2.26. The van der Waals surface area contributed by atoms with Crippen molar-refractivity contribution in [2.24, 2.45) is 5.41 Å². The van der Waals surface area contributed by atoms with Gasteiger partial charge in [0.05, 0.1) is 12.1 Å². The summed E-state index contributed by atoms with van der Waals surface area (Å²) in [5.74, 6) is 0.386. The number of hydrogen-bond acceptors (Lipinski definition) is 4. The van der Waals surface area contributed by atoms with Gasteiger partial charge in [-0.25, -0.2) is 0 Å². The van der Waals surface area contributed by atoms with E-state index in [0.29, 0.717) is 10.8 Å². The average Bonchev–Trinajstić information content (AvgIpc) is 2.67. The van der Waals surface area contributed by atoms with Gasteiger partial charge < -0.3 is 14.9 Å². The maximum Gasteiger partial charge on any atom is 0.176 e. The Morgan fingerprint density at radius 3 is 2.42 bits per heavy atom. The van der Waals surface area contributed by atoms with E-state index < -0.39 is 0 Å². The number of ether oxygens (including phenoxy) is 1. The van der Waals surface area contributed by atoms with Crippen molar-refractivity contribution in [1.82, 2.24) is 4.90 Å². The number of likely N-dealkylation sites (tertiary alicyclic amines) is 1. The van der Waals surface area contributed by atoms with Crippen molar-refractivity contribution in [1.29, 1.82) is 0 Å². The molecule has 1 fully saturated rings. The maximum absolute atomic E-state index is 10.0. The molecule has 0 radical (unpaired) electrons. The van der Waals surface area contributed by atoms with E-state index in [-0.39, 0.29) is 17.8 Å². The van der Waals surface area contributed by atoms with Crippen molar-refractivity contribution in [3.63, 3.8) is 0 Å². The maximum atomic E-state index is 10.0. The molecule has 2 N–H and O–H groups in total. The van der Waals surface area contributed by atoms with E-state index in [1.54, 1.807) is 6.07 Å². The molecule has 3 rings (SSSR count). The summed E-state index contributed by atoms with van der Waals surface area (Å²) < 4.78 is 5.19. The predicted octanol–water partition coefficient (Wildman–Crippen LogP) is 3.87. The molecule has 1 saturated heterocycles. The van der Waals surface area contributed by atoms with E-state index >= 15 is 0 Å². The topological polar surface area (TPSA) is 52.9 Å². The summed E-state index contributed by atoms with van der Waals surface area (Å²) in [4.78, 5) is 2.36. The summed E-state index contributed by atoms with van der Waals surface area (Å²) in [6.45, 7) is 2.82. The van der Waals surface area contributed by atoms with Crippen LogP contribution >= 0.6 is 11.6 Å². The Bertz CT molecular complexity index is 728. The number of rotatable bonds is 6. The highest BCUT2D eigenvalue weighted by atomic mass is 35.5. The first-order valence-electron chi connectivity index (χ1n) is 8.98. The highest BCUT2D eigenvalue weighted by Gasteiger charge is 2.34. The van der Waals surface area contributed by atoms with Gasteiger partial charge in [0.2, 0.25) is 0 Å². The van der Waals surface area contributed by atoms with Crippen LogP contribution in [0.4, 0.5) is 0 Å². The van der Waals surface area contributed by atoms with Crippen LogP contribution in [0.5, 0.6) is 11.5 Å². The second-order valence-corrected chi connectivity index (χ2v) is 7.63. The second kappa shape index (κ2) is 8.30. The number of phenolic OH excluding ortho intramolecular Hbond substituents is 1. The molecule has 0 aromatic heterocycles. The first-order valence-corrected chi connectivity index (χ1v) is 9.35. The molecular formula is C21H26ClNO3. The number of methoxy groups -OCH3 is 1. The summed E-state index contributed by atoms with van der Waals surface area (Å²) in [5, 5.41) is 20.2. The number of hydrogen-bond donors (Lipinski definition) is 2. The highest BCUT2D eigenvalue weighted by Crippen LogP contribution is 2.37. The third kappa shape index (κ3) is 4.32. The first-order chi connectivity index (χ1) is 12.5. The van der Waals surface area contributed by atoms with Crippen molar-refractivity contribution >= 4 is 11.6 Å². The Balaban J connectivity index is 1.63. The third-order valence-electron chi connectivity index (χ3n) is 5.39. The fourth-order valence-electron chi connectivity index (χ4n) is 3.74. The monoisotopic (exact) mass is 375 g/mol.